The summed E-state index contributed by atoms with van der Waals surface area (Å²) in [6.45, 7) is 1.93. The van der Waals surface area contributed by atoms with E-state index in [2.05, 4.69) is 26.2 Å². The van der Waals surface area contributed by atoms with Crippen LogP contribution in [0.2, 0.25) is 0 Å². The quantitative estimate of drug-likeness (QED) is 0.910. The van der Waals surface area contributed by atoms with E-state index in [-0.39, 0.29) is 5.91 Å². The molecular weight excluding hydrogens is 280 g/mol. The van der Waals surface area contributed by atoms with E-state index in [1.807, 2.05) is 6.92 Å². The maximum atomic E-state index is 12.1. The SMILES string of the molecule is Cc1c(Br)cncc1C(=O)NC1CCCCC1. The fourth-order valence-electron chi connectivity index (χ4n) is 2.24. The zero-order chi connectivity index (χ0) is 12.3. The zero-order valence-electron chi connectivity index (χ0n) is 10.0. The van der Waals surface area contributed by atoms with Crippen LogP contribution in [-0.4, -0.2) is 16.9 Å². The second-order valence-electron chi connectivity index (χ2n) is 4.60. The van der Waals surface area contributed by atoms with Crippen molar-refractivity contribution in [2.24, 2.45) is 0 Å². The molecule has 1 heterocycles. The second kappa shape index (κ2) is 5.63. The summed E-state index contributed by atoms with van der Waals surface area (Å²) in [5.41, 5.74) is 1.62. The minimum Gasteiger partial charge on any atom is -0.349 e. The lowest BCUT2D eigenvalue weighted by Gasteiger charge is -2.23. The average molecular weight is 297 g/mol. The minimum atomic E-state index is 0.00296. The number of rotatable bonds is 2. The second-order valence-corrected chi connectivity index (χ2v) is 5.46. The third-order valence-electron chi connectivity index (χ3n) is 3.34. The summed E-state index contributed by atoms with van der Waals surface area (Å²) in [5, 5.41) is 3.10. The third kappa shape index (κ3) is 3.06. The average Bonchev–Trinajstić information content (AvgIpc) is 2.34. The minimum absolute atomic E-state index is 0.00296. The van der Waals surface area contributed by atoms with Crippen LogP contribution in [0, 0.1) is 6.92 Å². The summed E-state index contributed by atoms with van der Waals surface area (Å²) in [6, 6.07) is 0.342. The van der Waals surface area contributed by atoms with Crippen molar-refractivity contribution in [1.82, 2.24) is 10.3 Å². The maximum absolute atomic E-state index is 12.1. The van der Waals surface area contributed by atoms with E-state index < -0.39 is 0 Å². The van der Waals surface area contributed by atoms with Gasteiger partial charge in [-0.25, -0.2) is 0 Å². The number of pyridine rings is 1. The molecule has 0 bridgehead atoms. The van der Waals surface area contributed by atoms with Crippen LogP contribution in [0.3, 0.4) is 0 Å². The van der Waals surface area contributed by atoms with Gasteiger partial charge in [0, 0.05) is 22.9 Å². The molecule has 1 fully saturated rings. The zero-order valence-corrected chi connectivity index (χ0v) is 11.6. The highest BCUT2D eigenvalue weighted by Gasteiger charge is 2.18. The van der Waals surface area contributed by atoms with Gasteiger partial charge in [0.15, 0.2) is 0 Å². The van der Waals surface area contributed by atoms with E-state index >= 15 is 0 Å². The summed E-state index contributed by atoms with van der Waals surface area (Å²) in [4.78, 5) is 16.2. The molecule has 1 saturated carbocycles. The molecule has 92 valence electrons. The fraction of sp³-hybridized carbons (Fsp3) is 0.538. The Morgan fingerprint density at radius 1 is 1.35 bits per heavy atom. The Kier molecular flexibility index (Phi) is 4.15. The molecule has 0 radical (unpaired) electrons. The smallest absolute Gasteiger partial charge is 0.253 e. The van der Waals surface area contributed by atoms with E-state index in [9.17, 15) is 4.79 Å². The molecule has 17 heavy (non-hydrogen) atoms. The molecule has 1 amide bonds. The molecule has 0 atom stereocenters. The Balaban J connectivity index is 2.06. The van der Waals surface area contributed by atoms with Gasteiger partial charge < -0.3 is 5.32 Å². The first-order chi connectivity index (χ1) is 8.18. The first-order valence-electron chi connectivity index (χ1n) is 6.09. The number of amides is 1. The molecule has 0 aromatic carbocycles. The van der Waals surface area contributed by atoms with E-state index in [4.69, 9.17) is 0 Å². The van der Waals surface area contributed by atoms with Crippen molar-refractivity contribution < 1.29 is 4.79 Å². The van der Waals surface area contributed by atoms with E-state index in [0.29, 0.717) is 11.6 Å². The van der Waals surface area contributed by atoms with E-state index in [1.54, 1.807) is 12.4 Å². The normalized spacial score (nSPS) is 16.8. The first kappa shape index (κ1) is 12.6. The molecule has 1 N–H and O–H groups in total. The molecule has 0 spiro atoms. The predicted molar refractivity (Wildman–Crippen MR) is 71.0 cm³/mol. The van der Waals surface area contributed by atoms with Gasteiger partial charge in [0.1, 0.15) is 0 Å². The number of nitrogens with one attached hydrogen (secondary N) is 1. The van der Waals surface area contributed by atoms with Crippen molar-refractivity contribution >= 4 is 21.8 Å². The van der Waals surface area contributed by atoms with Gasteiger partial charge in [0.25, 0.3) is 5.91 Å². The molecular formula is C13H17BrN2O. The number of carbonyl (C=O) groups excluding carboxylic acids is 1. The lowest BCUT2D eigenvalue weighted by molar-refractivity contribution is 0.0926. The van der Waals surface area contributed by atoms with Gasteiger partial charge in [-0.1, -0.05) is 19.3 Å². The molecule has 1 aliphatic rings. The number of halogens is 1. The third-order valence-corrected chi connectivity index (χ3v) is 4.14. The molecule has 0 aliphatic heterocycles. The molecule has 1 aliphatic carbocycles. The van der Waals surface area contributed by atoms with Crippen molar-refractivity contribution in [3.05, 3.63) is 28.0 Å². The Hall–Kier alpha value is -0.900. The van der Waals surface area contributed by atoms with Gasteiger partial charge in [0.05, 0.1) is 5.56 Å². The topological polar surface area (TPSA) is 42.0 Å². The maximum Gasteiger partial charge on any atom is 0.253 e. The van der Waals surface area contributed by atoms with Gasteiger partial charge in [-0.3, -0.25) is 9.78 Å². The standard InChI is InChI=1S/C13H17BrN2O/c1-9-11(7-15-8-12(9)14)13(17)16-10-5-3-2-4-6-10/h7-8,10H,2-6H2,1H3,(H,16,17). The van der Waals surface area contributed by atoms with Crippen molar-refractivity contribution in [3.8, 4) is 0 Å². The highest BCUT2D eigenvalue weighted by molar-refractivity contribution is 9.10. The summed E-state index contributed by atoms with van der Waals surface area (Å²) in [6.07, 6.45) is 9.30. The van der Waals surface area contributed by atoms with Crippen LogP contribution >= 0.6 is 15.9 Å². The highest BCUT2D eigenvalue weighted by atomic mass is 79.9. The predicted octanol–water partition coefficient (Wildman–Crippen LogP) is 3.22. The monoisotopic (exact) mass is 296 g/mol. The number of nitrogens with zero attached hydrogens (tertiary/aromatic N) is 1. The van der Waals surface area contributed by atoms with Gasteiger partial charge >= 0.3 is 0 Å². The Morgan fingerprint density at radius 2 is 2.06 bits per heavy atom. The molecule has 0 saturated heterocycles. The number of hydrogen-bond donors (Lipinski definition) is 1. The number of carbonyl (C=O) groups is 1. The summed E-state index contributed by atoms with van der Waals surface area (Å²) >= 11 is 3.40. The van der Waals surface area contributed by atoms with E-state index in [1.165, 1.54) is 19.3 Å². The van der Waals surface area contributed by atoms with E-state index in [0.717, 1.165) is 22.9 Å². The lowest BCUT2D eigenvalue weighted by Crippen LogP contribution is -2.36. The molecule has 2 rings (SSSR count). The van der Waals surface area contributed by atoms with Crippen molar-refractivity contribution in [3.63, 3.8) is 0 Å². The van der Waals surface area contributed by atoms with Gasteiger partial charge in [-0.2, -0.15) is 0 Å². The molecule has 3 nitrogen and oxygen atoms in total. The van der Waals surface area contributed by atoms with Crippen LogP contribution in [0.4, 0.5) is 0 Å². The van der Waals surface area contributed by atoms with Crippen LogP contribution in [0.1, 0.15) is 48.0 Å². The van der Waals surface area contributed by atoms with Crippen LogP contribution in [0.5, 0.6) is 0 Å². The number of aromatic nitrogens is 1. The molecule has 4 heteroatoms. The largest absolute Gasteiger partial charge is 0.349 e. The van der Waals surface area contributed by atoms with Crippen LogP contribution in [0.15, 0.2) is 16.9 Å². The molecule has 1 aromatic rings. The van der Waals surface area contributed by atoms with Gasteiger partial charge in [-0.15, -0.1) is 0 Å². The van der Waals surface area contributed by atoms with Crippen LogP contribution in [-0.2, 0) is 0 Å². The van der Waals surface area contributed by atoms with Crippen molar-refractivity contribution in [1.29, 1.82) is 0 Å². The Morgan fingerprint density at radius 3 is 2.76 bits per heavy atom. The van der Waals surface area contributed by atoms with Crippen molar-refractivity contribution in [2.45, 2.75) is 45.1 Å². The highest BCUT2D eigenvalue weighted by Crippen LogP contribution is 2.20. The summed E-state index contributed by atoms with van der Waals surface area (Å²) in [5.74, 6) is 0.00296. The number of hydrogen-bond acceptors (Lipinski definition) is 2. The molecule has 0 unspecified atom stereocenters. The fourth-order valence-corrected chi connectivity index (χ4v) is 2.57. The van der Waals surface area contributed by atoms with Gasteiger partial charge in [0.2, 0.25) is 0 Å². The van der Waals surface area contributed by atoms with Crippen LogP contribution in [0.25, 0.3) is 0 Å². The first-order valence-corrected chi connectivity index (χ1v) is 6.89. The van der Waals surface area contributed by atoms with Crippen LogP contribution < -0.4 is 5.32 Å². The lowest BCUT2D eigenvalue weighted by atomic mass is 9.95. The summed E-state index contributed by atoms with van der Waals surface area (Å²) < 4.78 is 0.883. The Bertz CT molecular complexity index is 414. The van der Waals surface area contributed by atoms with Crippen molar-refractivity contribution in [2.75, 3.05) is 0 Å². The molecule has 1 aromatic heterocycles. The Labute approximate surface area is 110 Å². The van der Waals surface area contributed by atoms with Gasteiger partial charge in [-0.05, 0) is 41.3 Å². The summed E-state index contributed by atoms with van der Waals surface area (Å²) in [7, 11) is 0.